The summed E-state index contributed by atoms with van der Waals surface area (Å²) in [4.78, 5) is 0. The van der Waals surface area contributed by atoms with Gasteiger partial charge in [0, 0.05) is 0 Å². The molecule has 1 heteroatoms. The van der Waals surface area contributed by atoms with Crippen molar-refractivity contribution in [3.63, 3.8) is 0 Å². The van der Waals surface area contributed by atoms with Crippen LogP contribution in [0.3, 0.4) is 0 Å². The van der Waals surface area contributed by atoms with Crippen LogP contribution in [-0.2, 0) is 0 Å². The highest BCUT2D eigenvalue weighted by Crippen LogP contribution is 2.25. The molecule has 1 nitrogen and oxygen atoms in total. The van der Waals surface area contributed by atoms with Gasteiger partial charge in [-0.3, -0.25) is 0 Å². The highest BCUT2D eigenvalue weighted by molar-refractivity contribution is 5.68. The molecule has 0 aromatic heterocycles. The molecule has 0 bridgehead atoms. The summed E-state index contributed by atoms with van der Waals surface area (Å²) in [6.45, 7) is 8.24. The van der Waals surface area contributed by atoms with Crippen LogP contribution < -0.4 is 0 Å². The maximum absolute atomic E-state index is 8.75. The fourth-order valence-electron chi connectivity index (χ4n) is 1.79. The third-order valence-corrected chi connectivity index (χ3v) is 2.93. The van der Waals surface area contributed by atoms with Crippen molar-refractivity contribution in [2.24, 2.45) is 0 Å². The van der Waals surface area contributed by atoms with E-state index in [0.29, 0.717) is 5.56 Å². The van der Waals surface area contributed by atoms with Gasteiger partial charge < -0.3 is 0 Å². The quantitative estimate of drug-likeness (QED) is 0.694. The second kappa shape index (κ2) is 6.61. The molecule has 0 spiro atoms. The van der Waals surface area contributed by atoms with Gasteiger partial charge in [0.25, 0.3) is 0 Å². The Morgan fingerprint density at radius 2 is 1.50 bits per heavy atom. The van der Waals surface area contributed by atoms with Crippen molar-refractivity contribution < 1.29 is 0 Å². The number of hydrogen-bond acceptors (Lipinski definition) is 1. The SMILES string of the molecule is CC.Cc1cccc(-c2ccc(C#N)cc2)c1C. The average molecular weight is 237 g/mol. The van der Waals surface area contributed by atoms with Gasteiger partial charge in [-0.2, -0.15) is 5.26 Å². The molecule has 2 rings (SSSR count). The van der Waals surface area contributed by atoms with E-state index in [2.05, 4.69) is 38.1 Å². The molecule has 0 fully saturated rings. The van der Waals surface area contributed by atoms with Crippen LogP contribution in [0.15, 0.2) is 42.5 Å². The third-order valence-electron chi connectivity index (χ3n) is 2.93. The Bertz CT molecular complexity index is 545. The first-order valence-electron chi connectivity index (χ1n) is 6.29. The van der Waals surface area contributed by atoms with Crippen LogP contribution in [0.25, 0.3) is 11.1 Å². The summed E-state index contributed by atoms with van der Waals surface area (Å²) in [6, 6.07) is 16.1. The van der Waals surface area contributed by atoms with Gasteiger partial charge in [-0.25, -0.2) is 0 Å². The Labute approximate surface area is 110 Å². The van der Waals surface area contributed by atoms with Gasteiger partial charge in [0.05, 0.1) is 11.6 Å². The maximum Gasteiger partial charge on any atom is 0.0991 e. The third kappa shape index (κ3) is 2.99. The lowest BCUT2D eigenvalue weighted by Gasteiger charge is -2.08. The highest BCUT2D eigenvalue weighted by Gasteiger charge is 2.03. The first kappa shape index (κ1) is 14.0. The molecule has 92 valence electrons. The first-order valence-corrected chi connectivity index (χ1v) is 6.29. The molecule has 0 atom stereocenters. The topological polar surface area (TPSA) is 23.8 Å². The predicted molar refractivity (Wildman–Crippen MR) is 77.4 cm³/mol. The van der Waals surface area contributed by atoms with Gasteiger partial charge in [0.15, 0.2) is 0 Å². The summed E-state index contributed by atoms with van der Waals surface area (Å²) in [5, 5.41) is 8.75. The van der Waals surface area contributed by atoms with Crippen molar-refractivity contribution in [3.8, 4) is 17.2 Å². The molecule has 0 saturated carbocycles. The van der Waals surface area contributed by atoms with Crippen LogP contribution in [0.2, 0.25) is 0 Å². The number of nitriles is 1. The van der Waals surface area contributed by atoms with Crippen molar-refractivity contribution in [2.45, 2.75) is 27.7 Å². The van der Waals surface area contributed by atoms with E-state index in [-0.39, 0.29) is 0 Å². The molecule has 2 aromatic carbocycles. The molecule has 0 aliphatic heterocycles. The Morgan fingerprint density at radius 1 is 0.889 bits per heavy atom. The van der Waals surface area contributed by atoms with Crippen LogP contribution >= 0.6 is 0 Å². The molecule has 0 amide bonds. The second-order valence-electron chi connectivity index (χ2n) is 3.94. The predicted octanol–water partition coefficient (Wildman–Crippen LogP) is 4.87. The van der Waals surface area contributed by atoms with Crippen molar-refractivity contribution in [2.75, 3.05) is 0 Å². The van der Waals surface area contributed by atoms with Crippen molar-refractivity contribution in [1.29, 1.82) is 5.26 Å². The molecular weight excluding hydrogens is 218 g/mol. The Morgan fingerprint density at radius 3 is 2.06 bits per heavy atom. The highest BCUT2D eigenvalue weighted by atomic mass is 14.2. The Hall–Kier alpha value is -2.07. The van der Waals surface area contributed by atoms with E-state index in [1.807, 2.05) is 38.1 Å². The van der Waals surface area contributed by atoms with Gasteiger partial charge in [-0.05, 0) is 48.2 Å². The van der Waals surface area contributed by atoms with Crippen LogP contribution in [0.5, 0.6) is 0 Å². The standard InChI is InChI=1S/C15H13N.C2H6/c1-11-4-3-5-15(12(11)2)14-8-6-13(10-16)7-9-14;1-2/h3-9H,1-2H3;1-2H3. The fraction of sp³-hybridized carbons (Fsp3) is 0.235. The van der Waals surface area contributed by atoms with Crippen molar-refractivity contribution >= 4 is 0 Å². The smallest absolute Gasteiger partial charge is 0.0991 e. The number of rotatable bonds is 1. The summed E-state index contributed by atoms with van der Waals surface area (Å²) in [5.41, 5.74) is 5.70. The zero-order valence-corrected chi connectivity index (χ0v) is 11.5. The van der Waals surface area contributed by atoms with E-state index in [1.54, 1.807) is 0 Å². The lowest BCUT2D eigenvalue weighted by molar-refractivity contribution is 1.34. The molecule has 18 heavy (non-hydrogen) atoms. The molecule has 0 radical (unpaired) electrons. The van der Waals surface area contributed by atoms with Crippen LogP contribution in [0.4, 0.5) is 0 Å². The van der Waals surface area contributed by atoms with E-state index in [9.17, 15) is 0 Å². The van der Waals surface area contributed by atoms with E-state index in [4.69, 9.17) is 5.26 Å². The molecule has 2 aromatic rings. The zero-order valence-electron chi connectivity index (χ0n) is 11.5. The normalized spacial score (nSPS) is 9.06. The fourth-order valence-corrected chi connectivity index (χ4v) is 1.79. The minimum Gasteiger partial charge on any atom is -0.192 e. The van der Waals surface area contributed by atoms with Gasteiger partial charge in [-0.1, -0.05) is 44.2 Å². The van der Waals surface area contributed by atoms with Gasteiger partial charge in [0.2, 0.25) is 0 Å². The number of nitrogens with zero attached hydrogens (tertiary/aromatic N) is 1. The van der Waals surface area contributed by atoms with Crippen LogP contribution in [0, 0.1) is 25.2 Å². The number of benzene rings is 2. The van der Waals surface area contributed by atoms with Gasteiger partial charge >= 0.3 is 0 Å². The van der Waals surface area contributed by atoms with Crippen LogP contribution in [0.1, 0.15) is 30.5 Å². The maximum atomic E-state index is 8.75. The molecule has 0 aliphatic rings. The Kier molecular flexibility index (Phi) is 5.14. The number of hydrogen-bond donors (Lipinski definition) is 0. The summed E-state index contributed by atoms with van der Waals surface area (Å²) in [6.07, 6.45) is 0. The van der Waals surface area contributed by atoms with Gasteiger partial charge in [-0.15, -0.1) is 0 Å². The molecule has 0 heterocycles. The first-order chi connectivity index (χ1) is 8.72. The minimum atomic E-state index is 0.703. The zero-order chi connectivity index (χ0) is 13.5. The van der Waals surface area contributed by atoms with Gasteiger partial charge in [0.1, 0.15) is 0 Å². The van der Waals surface area contributed by atoms with E-state index in [0.717, 1.165) is 0 Å². The largest absolute Gasteiger partial charge is 0.192 e. The molecule has 0 aliphatic carbocycles. The summed E-state index contributed by atoms with van der Waals surface area (Å²) in [5.74, 6) is 0. The van der Waals surface area contributed by atoms with E-state index in [1.165, 1.54) is 22.3 Å². The molecule has 0 saturated heterocycles. The molecule has 0 unspecified atom stereocenters. The summed E-state index contributed by atoms with van der Waals surface area (Å²) >= 11 is 0. The second-order valence-corrected chi connectivity index (χ2v) is 3.94. The van der Waals surface area contributed by atoms with E-state index >= 15 is 0 Å². The van der Waals surface area contributed by atoms with Crippen LogP contribution in [-0.4, -0.2) is 0 Å². The Balaban J connectivity index is 0.000000771. The summed E-state index contributed by atoms with van der Waals surface area (Å²) < 4.78 is 0. The van der Waals surface area contributed by atoms with Crippen molar-refractivity contribution in [3.05, 3.63) is 59.2 Å². The molecular formula is C17H19N. The average Bonchev–Trinajstić information content (AvgIpc) is 2.44. The summed E-state index contributed by atoms with van der Waals surface area (Å²) in [7, 11) is 0. The molecule has 0 N–H and O–H groups in total. The van der Waals surface area contributed by atoms with E-state index < -0.39 is 0 Å². The lowest BCUT2D eigenvalue weighted by Crippen LogP contribution is -1.86. The monoisotopic (exact) mass is 237 g/mol. The number of aryl methyl sites for hydroxylation is 1. The van der Waals surface area contributed by atoms with Crippen molar-refractivity contribution in [1.82, 2.24) is 0 Å². The minimum absolute atomic E-state index is 0.703. The lowest BCUT2D eigenvalue weighted by atomic mass is 9.96.